The molecule has 1 heterocycles. The van der Waals surface area contributed by atoms with Crippen molar-refractivity contribution in [3.8, 4) is 5.75 Å². The van der Waals surface area contributed by atoms with Crippen molar-refractivity contribution < 1.29 is 9.53 Å². The number of carbonyl (C=O) groups excluding carboxylic acids is 1. The third-order valence-electron chi connectivity index (χ3n) is 3.67. The number of rotatable bonds is 3. The van der Waals surface area contributed by atoms with Crippen LogP contribution in [0.4, 0.5) is 0 Å². The maximum absolute atomic E-state index is 12.1. The molecule has 106 valence electrons. The number of aryl methyl sites for hydroxylation is 1. The Labute approximate surface area is 125 Å². The molecule has 0 amide bonds. The highest BCUT2D eigenvalue weighted by atomic mass is 16.5. The predicted octanol–water partition coefficient (Wildman–Crippen LogP) is 4.30. The van der Waals surface area contributed by atoms with Gasteiger partial charge in [0.25, 0.3) is 0 Å². The van der Waals surface area contributed by atoms with Crippen molar-refractivity contribution >= 4 is 11.9 Å². The van der Waals surface area contributed by atoms with Gasteiger partial charge in [-0.1, -0.05) is 42.5 Å². The van der Waals surface area contributed by atoms with Crippen LogP contribution < -0.4 is 4.74 Å². The molecule has 2 heteroatoms. The van der Waals surface area contributed by atoms with E-state index in [9.17, 15) is 4.79 Å². The van der Waals surface area contributed by atoms with Crippen molar-refractivity contribution in [3.05, 3.63) is 71.3 Å². The fourth-order valence-electron chi connectivity index (χ4n) is 2.51. The zero-order valence-electron chi connectivity index (χ0n) is 11.9. The number of carbonyl (C=O) groups is 1. The second kappa shape index (κ2) is 6.40. The monoisotopic (exact) mass is 278 g/mol. The Hall–Kier alpha value is -2.35. The molecule has 21 heavy (non-hydrogen) atoms. The van der Waals surface area contributed by atoms with Gasteiger partial charge in [0, 0.05) is 5.56 Å². The summed E-state index contributed by atoms with van der Waals surface area (Å²) < 4.78 is 5.71. The van der Waals surface area contributed by atoms with Crippen molar-refractivity contribution in [3.63, 3.8) is 0 Å². The van der Waals surface area contributed by atoms with Crippen molar-refractivity contribution in [2.24, 2.45) is 0 Å². The number of allylic oxidation sites excluding steroid dienone is 1. The molecule has 0 aliphatic carbocycles. The third-order valence-corrected chi connectivity index (χ3v) is 3.67. The average molecular weight is 278 g/mol. The van der Waals surface area contributed by atoms with Gasteiger partial charge in [-0.3, -0.25) is 4.79 Å². The van der Waals surface area contributed by atoms with Crippen LogP contribution in [0.3, 0.4) is 0 Å². The van der Waals surface area contributed by atoms with Crippen LogP contribution in [0.2, 0.25) is 0 Å². The van der Waals surface area contributed by atoms with Crippen molar-refractivity contribution in [2.45, 2.75) is 19.3 Å². The van der Waals surface area contributed by atoms with Gasteiger partial charge in [-0.25, -0.2) is 0 Å². The summed E-state index contributed by atoms with van der Waals surface area (Å²) >= 11 is 0. The van der Waals surface area contributed by atoms with E-state index in [0.29, 0.717) is 5.56 Å². The Morgan fingerprint density at radius 2 is 1.90 bits per heavy atom. The Kier molecular flexibility index (Phi) is 4.15. The first kappa shape index (κ1) is 13.6. The van der Waals surface area contributed by atoms with E-state index in [1.54, 1.807) is 6.08 Å². The molecule has 0 unspecified atom stereocenters. The lowest BCUT2D eigenvalue weighted by molar-refractivity contribution is 0.104. The lowest BCUT2D eigenvalue weighted by Crippen LogP contribution is -1.95. The molecule has 1 aliphatic heterocycles. The summed E-state index contributed by atoms with van der Waals surface area (Å²) in [6, 6.07) is 15.4. The van der Waals surface area contributed by atoms with E-state index in [1.807, 2.05) is 48.5 Å². The summed E-state index contributed by atoms with van der Waals surface area (Å²) in [5, 5.41) is 0. The zero-order chi connectivity index (χ0) is 14.5. The minimum absolute atomic E-state index is 0.0294. The standard InChI is InChI=1S/C19H18O2/c20-18(16-6-2-1-3-7-16)11-9-15-10-12-19-17(14-15)8-4-5-13-21-19/h1-3,6-7,9-12,14H,4-5,8,13H2/b11-9+. The van der Waals surface area contributed by atoms with Crippen LogP contribution in [0, 0.1) is 0 Å². The third kappa shape index (κ3) is 3.40. The van der Waals surface area contributed by atoms with Gasteiger partial charge >= 0.3 is 0 Å². The smallest absolute Gasteiger partial charge is 0.185 e. The van der Waals surface area contributed by atoms with Crippen LogP contribution in [-0.4, -0.2) is 12.4 Å². The molecular formula is C19H18O2. The van der Waals surface area contributed by atoms with Gasteiger partial charge in [-0.15, -0.1) is 0 Å². The molecule has 1 aliphatic rings. The number of hydrogen-bond donors (Lipinski definition) is 0. The highest BCUT2D eigenvalue weighted by Crippen LogP contribution is 2.25. The molecule has 2 aromatic rings. The van der Waals surface area contributed by atoms with Gasteiger partial charge in [0.1, 0.15) is 5.75 Å². The molecule has 0 atom stereocenters. The molecule has 0 saturated carbocycles. The molecule has 0 N–H and O–H groups in total. The van der Waals surface area contributed by atoms with Crippen LogP contribution in [0.1, 0.15) is 34.3 Å². The van der Waals surface area contributed by atoms with Gasteiger partial charge in [0.05, 0.1) is 6.61 Å². The van der Waals surface area contributed by atoms with E-state index < -0.39 is 0 Å². The predicted molar refractivity (Wildman–Crippen MR) is 84.7 cm³/mol. The molecule has 0 radical (unpaired) electrons. The largest absolute Gasteiger partial charge is 0.493 e. The minimum Gasteiger partial charge on any atom is -0.493 e. The molecule has 0 fully saturated rings. The van der Waals surface area contributed by atoms with Crippen LogP contribution in [0.5, 0.6) is 5.75 Å². The van der Waals surface area contributed by atoms with Gasteiger partial charge < -0.3 is 4.74 Å². The van der Waals surface area contributed by atoms with E-state index in [1.165, 1.54) is 5.56 Å². The Morgan fingerprint density at radius 1 is 1.05 bits per heavy atom. The van der Waals surface area contributed by atoms with E-state index in [4.69, 9.17) is 4.74 Å². The van der Waals surface area contributed by atoms with Gasteiger partial charge in [0.2, 0.25) is 0 Å². The quantitative estimate of drug-likeness (QED) is 0.618. The van der Waals surface area contributed by atoms with Crippen molar-refractivity contribution in [1.29, 1.82) is 0 Å². The molecule has 0 aromatic heterocycles. The van der Waals surface area contributed by atoms with Gasteiger partial charge in [-0.05, 0) is 48.6 Å². The molecular weight excluding hydrogens is 260 g/mol. The Bertz CT molecular complexity index is 657. The topological polar surface area (TPSA) is 26.3 Å². The summed E-state index contributed by atoms with van der Waals surface area (Å²) in [6.07, 6.45) is 6.81. The van der Waals surface area contributed by atoms with Crippen molar-refractivity contribution in [2.75, 3.05) is 6.61 Å². The minimum atomic E-state index is 0.0294. The van der Waals surface area contributed by atoms with E-state index in [2.05, 4.69) is 6.07 Å². The number of fused-ring (bicyclic) bond motifs is 1. The summed E-state index contributed by atoms with van der Waals surface area (Å²) in [5.41, 5.74) is 3.00. The summed E-state index contributed by atoms with van der Waals surface area (Å²) in [5.74, 6) is 1.01. The maximum Gasteiger partial charge on any atom is 0.185 e. The van der Waals surface area contributed by atoms with Crippen LogP contribution in [0.25, 0.3) is 6.08 Å². The first-order chi connectivity index (χ1) is 10.3. The molecule has 2 nitrogen and oxygen atoms in total. The highest BCUT2D eigenvalue weighted by molar-refractivity contribution is 6.06. The van der Waals surface area contributed by atoms with Crippen LogP contribution >= 0.6 is 0 Å². The fourth-order valence-corrected chi connectivity index (χ4v) is 2.51. The molecule has 0 saturated heterocycles. The van der Waals surface area contributed by atoms with E-state index in [0.717, 1.165) is 37.2 Å². The second-order valence-electron chi connectivity index (χ2n) is 5.24. The van der Waals surface area contributed by atoms with Crippen molar-refractivity contribution in [1.82, 2.24) is 0 Å². The second-order valence-corrected chi connectivity index (χ2v) is 5.24. The number of ketones is 1. The summed E-state index contributed by atoms with van der Waals surface area (Å²) in [6.45, 7) is 0.800. The van der Waals surface area contributed by atoms with Gasteiger partial charge in [-0.2, -0.15) is 0 Å². The first-order valence-electron chi connectivity index (χ1n) is 7.36. The molecule has 0 bridgehead atoms. The van der Waals surface area contributed by atoms with Crippen LogP contribution in [0.15, 0.2) is 54.6 Å². The first-order valence-corrected chi connectivity index (χ1v) is 7.36. The zero-order valence-corrected chi connectivity index (χ0v) is 11.9. The summed E-state index contributed by atoms with van der Waals surface area (Å²) in [4.78, 5) is 12.1. The molecule has 0 spiro atoms. The Morgan fingerprint density at radius 3 is 2.76 bits per heavy atom. The number of hydrogen-bond acceptors (Lipinski definition) is 2. The lowest BCUT2D eigenvalue weighted by atomic mass is 10.0. The number of benzene rings is 2. The van der Waals surface area contributed by atoms with E-state index in [-0.39, 0.29) is 5.78 Å². The number of ether oxygens (including phenoxy) is 1. The van der Waals surface area contributed by atoms with Crippen LogP contribution in [-0.2, 0) is 6.42 Å². The summed E-state index contributed by atoms with van der Waals surface area (Å²) in [7, 11) is 0. The van der Waals surface area contributed by atoms with Gasteiger partial charge in [0.15, 0.2) is 5.78 Å². The lowest BCUT2D eigenvalue weighted by Gasteiger charge is -2.07. The Balaban J connectivity index is 1.77. The van der Waals surface area contributed by atoms with E-state index >= 15 is 0 Å². The SMILES string of the molecule is O=C(/C=C/c1ccc2c(c1)CCCCO2)c1ccccc1. The molecule has 2 aromatic carbocycles. The molecule has 3 rings (SSSR count). The highest BCUT2D eigenvalue weighted by Gasteiger charge is 2.08. The fraction of sp³-hybridized carbons (Fsp3) is 0.211. The average Bonchev–Trinajstić information content (AvgIpc) is 2.78. The normalized spacial score (nSPS) is 14.3. The maximum atomic E-state index is 12.1.